The minimum atomic E-state index is -0.258. The van der Waals surface area contributed by atoms with Gasteiger partial charge in [-0.1, -0.05) is 41.0 Å². The van der Waals surface area contributed by atoms with E-state index in [0.717, 1.165) is 34.6 Å². The molecule has 4 rings (SSSR count). The van der Waals surface area contributed by atoms with E-state index in [0.29, 0.717) is 41.6 Å². The molecule has 1 aliphatic heterocycles. The summed E-state index contributed by atoms with van der Waals surface area (Å²) < 4.78 is 16.6. The van der Waals surface area contributed by atoms with E-state index in [4.69, 9.17) is 42.8 Å². The van der Waals surface area contributed by atoms with Crippen LogP contribution in [0.25, 0.3) is 17.0 Å². The van der Waals surface area contributed by atoms with Crippen LogP contribution >= 0.6 is 23.8 Å². The lowest BCUT2D eigenvalue weighted by Gasteiger charge is -2.37. The summed E-state index contributed by atoms with van der Waals surface area (Å²) in [7, 11) is 1.63. The van der Waals surface area contributed by atoms with E-state index in [1.54, 1.807) is 7.11 Å². The van der Waals surface area contributed by atoms with Gasteiger partial charge in [0.25, 0.3) is 5.89 Å². The van der Waals surface area contributed by atoms with E-state index in [9.17, 15) is 0 Å². The van der Waals surface area contributed by atoms with Gasteiger partial charge in [-0.3, -0.25) is 0 Å². The molecule has 3 aromatic rings. The smallest absolute Gasteiger partial charge is 0.258 e. The predicted molar refractivity (Wildman–Crippen MR) is 137 cm³/mol. The Balaban J connectivity index is 1.73. The molecule has 0 amide bonds. The van der Waals surface area contributed by atoms with E-state index in [-0.39, 0.29) is 6.04 Å². The molecule has 0 spiro atoms. The number of ether oxygens (including phenoxy) is 2. The van der Waals surface area contributed by atoms with Crippen LogP contribution in [-0.2, 0) is 4.74 Å². The van der Waals surface area contributed by atoms with Crippen LogP contribution in [0.3, 0.4) is 0 Å². The number of halogens is 1. The van der Waals surface area contributed by atoms with E-state index in [2.05, 4.69) is 15.4 Å². The van der Waals surface area contributed by atoms with Crippen molar-refractivity contribution in [2.24, 2.45) is 0 Å². The normalized spacial score (nSPS) is 16.1. The molecule has 1 unspecified atom stereocenters. The topological polar surface area (TPSA) is 72.7 Å². The number of aromatic nitrogens is 2. The number of rotatable bonds is 9. The van der Waals surface area contributed by atoms with Crippen molar-refractivity contribution >= 4 is 34.5 Å². The highest BCUT2D eigenvalue weighted by Crippen LogP contribution is 2.38. The van der Waals surface area contributed by atoms with Gasteiger partial charge in [0, 0.05) is 36.0 Å². The quantitative estimate of drug-likeness (QED) is 0.307. The lowest BCUT2D eigenvalue weighted by atomic mass is 9.95. The lowest BCUT2D eigenvalue weighted by molar-refractivity contribution is 0.141. The fourth-order valence-electron chi connectivity index (χ4n) is 3.91. The van der Waals surface area contributed by atoms with Gasteiger partial charge in [0.15, 0.2) is 5.11 Å². The van der Waals surface area contributed by atoms with Crippen LogP contribution in [0.15, 0.2) is 58.8 Å². The number of benzene rings is 2. The first kappa shape index (κ1) is 24.2. The van der Waals surface area contributed by atoms with Gasteiger partial charge in [-0.05, 0) is 62.3 Å². The lowest BCUT2D eigenvalue weighted by Crippen LogP contribution is -2.46. The summed E-state index contributed by atoms with van der Waals surface area (Å²) in [5, 5.41) is 9.02. The number of methoxy groups -OCH3 is 1. The molecule has 2 aromatic carbocycles. The van der Waals surface area contributed by atoms with Gasteiger partial charge < -0.3 is 24.2 Å². The van der Waals surface area contributed by atoms with Crippen LogP contribution in [0.4, 0.5) is 0 Å². The second kappa shape index (κ2) is 11.0. The van der Waals surface area contributed by atoms with Crippen LogP contribution in [-0.4, -0.2) is 47.0 Å². The van der Waals surface area contributed by atoms with E-state index < -0.39 is 0 Å². The molecule has 1 atom stereocenters. The first-order valence-electron chi connectivity index (χ1n) is 11.1. The highest BCUT2D eigenvalue weighted by atomic mass is 35.5. The largest absolute Gasteiger partial charge is 0.497 e. The molecule has 0 aliphatic carbocycles. The molecule has 0 bridgehead atoms. The molecule has 0 radical (unpaired) electrons. The number of nitrogens with one attached hydrogen (secondary N) is 1. The number of hydrogen-bond acceptors (Lipinski definition) is 6. The highest BCUT2D eigenvalue weighted by Gasteiger charge is 2.34. The predicted octanol–water partition coefficient (Wildman–Crippen LogP) is 5.49. The number of nitrogens with zero attached hydrogens (tertiary/aromatic N) is 3. The van der Waals surface area contributed by atoms with Crippen LogP contribution in [0.1, 0.15) is 37.8 Å². The van der Waals surface area contributed by atoms with Gasteiger partial charge in [-0.15, -0.1) is 0 Å². The molecule has 34 heavy (non-hydrogen) atoms. The fourth-order valence-corrected chi connectivity index (χ4v) is 4.39. The van der Waals surface area contributed by atoms with Gasteiger partial charge in [-0.25, -0.2) is 0 Å². The molecular formula is C25H27ClN4O3S. The van der Waals surface area contributed by atoms with E-state index in [1.165, 1.54) is 0 Å². The minimum absolute atomic E-state index is 0.258. The Hall–Kier alpha value is -2.94. The maximum Gasteiger partial charge on any atom is 0.258 e. The molecule has 0 saturated carbocycles. The summed E-state index contributed by atoms with van der Waals surface area (Å²) >= 11 is 11.9. The summed E-state index contributed by atoms with van der Waals surface area (Å²) in [5.41, 5.74) is 3.63. The molecule has 178 valence electrons. The van der Waals surface area contributed by atoms with Crippen molar-refractivity contribution in [1.82, 2.24) is 20.4 Å². The number of hydrogen-bond donors (Lipinski definition) is 1. The summed E-state index contributed by atoms with van der Waals surface area (Å²) in [6.45, 7) is 6.09. The average molecular weight is 499 g/mol. The Morgan fingerprint density at radius 2 is 2.00 bits per heavy atom. The highest BCUT2D eigenvalue weighted by molar-refractivity contribution is 7.80. The van der Waals surface area contributed by atoms with Gasteiger partial charge in [0.1, 0.15) is 5.75 Å². The van der Waals surface area contributed by atoms with Crippen molar-refractivity contribution in [3.05, 3.63) is 70.7 Å². The third kappa shape index (κ3) is 5.24. The van der Waals surface area contributed by atoms with Crippen molar-refractivity contribution in [3.8, 4) is 17.1 Å². The van der Waals surface area contributed by atoms with Crippen molar-refractivity contribution in [2.45, 2.75) is 26.3 Å². The van der Waals surface area contributed by atoms with Crippen molar-refractivity contribution in [1.29, 1.82) is 0 Å². The maximum absolute atomic E-state index is 6.13. The average Bonchev–Trinajstić information content (AvgIpc) is 3.33. The standard InChI is InChI=1S/C25H27ClN4O3S/c1-4-32-14-6-13-30-16(2)21(22(27-25(30)34)17-9-11-19(26)12-10-17)24-28-23(29-33-24)18-7-5-8-20(15-18)31-3/h5,7-12,15,22H,4,6,13-14H2,1-3H3,(H,27,34). The Labute approximate surface area is 209 Å². The second-order valence-corrected chi connectivity index (χ2v) is 8.61. The first-order chi connectivity index (χ1) is 16.5. The van der Waals surface area contributed by atoms with Gasteiger partial charge in [0.2, 0.25) is 5.82 Å². The first-order valence-corrected chi connectivity index (χ1v) is 11.9. The van der Waals surface area contributed by atoms with Crippen molar-refractivity contribution in [3.63, 3.8) is 0 Å². The Kier molecular flexibility index (Phi) is 7.82. The van der Waals surface area contributed by atoms with Gasteiger partial charge in [0.05, 0.1) is 18.7 Å². The molecule has 1 aromatic heterocycles. The third-order valence-corrected chi connectivity index (χ3v) is 6.25. The van der Waals surface area contributed by atoms with Gasteiger partial charge in [-0.2, -0.15) is 4.98 Å². The molecule has 1 N–H and O–H groups in total. The Bertz CT molecular complexity index is 1180. The third-order valence-electron chi connectivity index (χ3n) is 5.66. The molecule has 2 heterocycles. The maximum atomic E-state index is 6.13. The second-order valence-electron chi connectivity index (χ2n) is 7.79. The molecule has 0 fully saturated rings. The van der Waals surface area contributed by atoms with Crippen molar-refractivity contribution in [2.75, 3.05) is 26.9 Å². The zero-order chi connectivity index (χ0) is 24.1. The fraction of sp³-hybridized carbons (Fsp3) is 0.320. The van der Waals surface area contributed by atoms with Crippen LogP contribution in [0.2, 0.25) is 5.02 Å². The van der Waals surface area contributed by atoms with E-state index >= 15 is 0 Å². The Morgan fingerprint density at radius 3 is 2.74 bits per heavy atom. The van der Waals surface area contributed by atoms with Gasteiger partial charge >= 0.3 is 0 Å². The van der Waals surface area contributed by atoms with Crippen molar-refractivity contribution < 1.29 is 14.0 Å². The summed E-state index contributed by atoms with van der Waals surface area (Å²) in [4.78, 5) is 6.80. The minimum Gasteiger partial charge on any atom is -0.497 e. The summed E-state index contributed by atoms with van der Waals surface area (Å²) in [6, 6.07) is 15.0. The van der Waals surface area contributed by atoms with Crippen LogP contribution in [0.5, 0.6) is 5.75 Å². The SMILES string of the molecule is CCOCCCN1C(=S)NC(c2ccc(Cl)cc2)C(c2nc(-c3cccc(OC)c3)no2)=C1C. The zero-order valence-electron chi connectivity index (χ0n) is 19.4. The molecule has 1 aliphatic rings. The molecule has 7 nitrogen and oxygen atoms in total. The summed E-state index contributed by atoms with van der Waals surface area (Å²) in [5.74, 6) is 1.64. The van der Waals surface area contributed by atoms with E-state index in [1.807, 2.05) is 62.4 Å². The molecular weight excluding hydrogens is 472 g/mol. The Morgan fingerprint density at radius 1 is 1.21 bits per heavy atom. The molecule has 0 saturated heterocycles. The number of allylic oxidation sites excluding steroid dienone is 1. The van der Waals surface area contributed by atoms with Crippen LogP contribution in [0, 0.1) is 0 Å². The van der Waals surface area contributed by atoms with Crippen LogP contribution < -0.4 is 10.1 Å². The summed E-state index contributed by atoms with van der Waals surface area (Å²) in [6.07, 6.45) is 0.838. The zero-order valence-corrected chi connectivity index (χ0v) is 20.9. The molecule has 9 heteroatoms. The monoisotopic (exact) mass is 498 g/mol. The number of thiocarbonyl (C=S) groups is 1.